The molecule has 3 aliphatic rings. The molecule has 5 rings (SSSR count). The number of rotatable bonds is 6. The molecule has 1 saturated carbocycles. The Kier molecular flexibility index (Phi) is 4.26. The zero-order valence-electron chi connectivity index (χ0n) is 15.3. The lowest BCUT2D eigenvalue weighted by Gasteiger charge is -2.47. The molecule has 2 aliphatic heterocycles. The van der Waals surface area contributed by atoms with E-state index in [1.54, 1.807) is 0 Å². The molecular weight excluding hydrogens is 332 g/mol. The van der Waals surface area contributed by atoms with Crippen LogP contribution >= 0.6 is 0 Å². The predicted octanol–water partition coefficient (Wildman–Crippen LogP) is 1.24. The fourth-order valence-electron chi connectivity index (χ4n) is 3.93. The van der Waals surface area contributed by atoms with Crippen molar-refractivity contribution in [3.63, 3.8) is 0 Å². The lowest BCUT2D eigenvalue weighted by atomic mass is 10.1. The first-order valence-electron chi connectivity index (χ1n) is 9.63. The van der Waals surface area contributed by atoms with Crippen LogP contribution < -0.4 is 0 Å². The second-order valence-electron chi connectivity index (χ2n) is 7.83. The van der Waals surface area contributed by atoms with Crippen LogP contribution in [0.5, 0.6) is 0 Å². The zero-order chi connectivity index (χ0) is 17.5. The number of aromatic nitrogens is 4. The van der Waals surface area contributed by atoms with Crippen molar-refractivity contribution in [1.29, 1.82) is 0 Å². The summed E-state index contributed by atoms with van der Waals surface area (Å²) in [5.74, 6) is 2.13. The Morgan fingerprint density at radius 3 is 2.88 bits per heavy atom. The molecule has 1 aliphatic carbocycles. The molecule has 0 amide bonds. The summed E-state index contributed by atoms with van der Waals surface area (Å²) >= 11 is 0. The lowest BCUT2D eigenvalue weighted by molar-refractivity contribution is -0.0846. The Morgan fingerprint density at radius 1 is 1.23 bits per heavy atom. The van der Waals surface area contributed by atoms with E-state index < -0.39 is 0 Å². The first-order chi connectivity index (χ1) is 12.7. The minimum atomic E-state index is -0.0982. The van der Waals surface area contributed by atoms with E-state index in [9.17, 15) is 0 Å². The first kappa shape index (κ1) is 16.4. The molecule has 4 heterocycles. The van der Waals surface area contributed by atoms with Gasteiger partial charge < -0.3 is 9.26 Å². The number of hydrogen-bond donors (Lipinski definition) is 0. The summed E-state index contributed by atoms with van der Waals surface area (Å²) in [6.45, 7) is 8.66. The van der Waals surface area contributed by atoms with E-state index in [0.29, 0.717) is 17.8 Å². The molecule has 2 aromatic heterocycles. The average Bonchev–Trinajstić information content (AvgIpc) is 3.14. The summed E-state index contributed by atoms with van der Waals surface area (Å²) < 4.78 is 13.3. The van der Waals surface area contributed by atoms with Gasteiger partial charge in [-0.15, -0.1) is 0 Å². The molecule has 8 nitrogen and oxygen atoms in total. The number of nitrogens with zero attached hydrogens (tertiary/aromatic N) is 6. The van der Waals surface area contributed by atoms with Gasteiger partial charge in [0.15, 0.2) is 5.82 Å². The van der Waals surface area contributed by atoms with Gasteiger partial charge in [-0.25, -0.2) is 0 Å². The summed E-state index contributed by atoms with van der Waals surface area (Å²) in [7, 11) is 0. The highest BCUT2D eigenvalue weighted by Crippen LogP contribution is 2.31. The molecule has 26 heavy (non-hydrogen) atoms. The Morgan fingerprint density at radius 2 is 2.12 bits per heavy atom. The van der Waals surface area contributed by atoms with Gasteiger partial charge in [0.1, 0.15) is 6.10 Å². The van der Waals surface area contributed by atoms with Crippen LogP contribution in [0.15, 0.2) is 16.8 Å². The number of likely N-dealkylation sites (tertiary alicyclic amines) is 1. The summed E-state index contributed by atoms with van der Waals surface area (Å²) in [6, 6.07) is 2.75. The molecule has 3 fully saturated rings. The van der Waals surface area contributed by atoms with E-state index in [1.165, 1.54) is 18.5 Å². The van der Waals surface area contributed by atoms with Crippen LogP contribution in [0.3, 0.4) is 0 Å². The molecule has 0 aromatic carbocycles. The molecule has 1 unspecified atom stereocenters. The minimum Gasteiger partial charge on any atom is -0.366 e. The van der Waals surface area contributed by atoms with E-state index >= 15 is 0 Å². The third kappa shape index (κ3) is 3.41. The normalized spacial score (nSPS) is 25.5. The smallest absolute Gasteiger partial charge is 0.257 e. The molecular formula is C18H26N6O2. The molecule has 0 spiro atoms. The number of hydrogen-bond acceptors (Lipinski definition) is 7. The fourth-order valence-corrected chi connectivity index (χ4v) is 3.93. The van der Waals surface area contributed by atoms with E-state index in [1.807, 2.05) is 13.1 Å². The van der Waals surface area contributed by atoms with E-state index in [-0.39, 0.29) is 6.10 Å². The Hall–Kier alpha value is -1.77. The predicted molar refractivity (Wildman–Crippen MR) is 93.3 cm³/mol. The highest BCUT2D eigenvalue weighted by Gasteiger charge is 2.36. The van der Waals surface area contributed by atoms with Crippen molar-refractivity contribution < 1.29 is 9.26 Å². The van der Waals surface area contributed by atoms with Gasteiger partial charge in [0.2, 0.25) is 0 Å². The Labute approximate surface area is 153 Å². The maximum atomic E-state index is 5.83. The van der Waals surface area contributed by atoms with Crippen LogP contribution in [0.1, 0.15) is 36.4 Å². The topological polar surface area (TPSA) is 72.5 Å². The fraction of sp³-hybridized carbons (Fsp3) is 0.722. The Bertz CT molecular complexity index is 748. The average molecular weight is 358 g/mol. The standard InChI is InChI=1S/C18H26N6O2/c1-13-20-18(26-21-13)17-12-23(6-7-25-17)16-10-22(11-16)9-15-4-5-19-24(15)8-14-2-3-14/h4-5,14,16-17H,2-3,6-12H2,1H3. The summed E-state index contributed by atoms with van der Waals surface area (Å²) in [5.41, 5.74) is 1.34. The molecule has 0 bridgehead atoms. The zero-order valence-corrected chi connectivity index (χ0v) is 15.3. The van der Waals surface area contributed by atoms with Crippen molar-refractivity contribution in [2.75, 3.05) is 32.8 Å². The summed E-state index contributed by atoms with van der Waals surface area (Å²) in [6.07, 6.45) is 4.57. The number of aryl methyl sites for hydroxylation is 1. The van der Waals surface area contributed by atoms with Crippen LogP contribution in [-0.4, -0.2) is 68.5 Å². The molecule has 8 heteroatoms. The third-order valence-corrected chi connectivity index (χ3v) is 5.69. The van der Waals surface area contributed by atoms with Crippen molar-refractivity contribution in [2.24, 2.45) is 5.92 Å². The van der Waals surface area contributed by atoms with Crippen LogP contribution in [-0.2, 0) is 17.8 Å². The third-order valence-electron chi connectivity index (χ3n) is 5.69. The van der Waals surface area contributed by atoms with E-state index in [4.69, 9.17) is 9.26 Å². The lowest BCUT2D eigenvalue weighted by Crippen LogP contribution is -2.61. The van der Waals surface area contributed by atoms with Gasteiger partial charge in [-0.2, -0.15) is 10.1 Å². The quantitative estimate of drug-likeness (QED) is 0.769. The number of morpholine rings is 1. The van der Waals surface area contributed by atoms with E-state index in [0.717, 1.165) is 51.8 Å². The molecule has 140 valence electrons. The summed E-state index contributed by atoms with van der Waals surface area (Å²) in [5, 5.41) is 8.38. The highest BCUT2D eigenvalue weighted by molar-refractivity contribution is 5.04. The molecule has 2 saturated heterocycles. The van der Waals surface area contributed by atoms with Gasteiger partial charge in [-0.3, -0.25) is 14.5 Å². The first-order valence-corrected chi connectivity index (χ1v) is 9.63. The van der Waals surface area contributed by atoms with Crippen molar-refractivity contribution in [2.45, 2.75) is 45.0 Å². The van der Waals surface area contributed by atoms with Crippen LogP contribution in [0.25, 0.3) is 0 Å². The van der Waals surface area contributed by atoms with Crippen LogP contribution in [0.4, 0.5) is 0 Å². The second kappa shape index (κ2) is 6.75. The van der Waals surface area contributed by atoms with Crippen molar-refractivity contribution in [3.8, 4) is 0 Å². The van der Waals surface area contributed by atoms with Crippen molar-refractivity contribution in [1.82, 2.24) is 29.7 Å². The SMILES string of the molecule is Cc1noc(C2CN(C3CN(Cc4ccnn4CC4CC4)C3)CCO2)n1. The maximum Gasteiger partial charge on any atom is 0.257 e. The molecule has 0 N–H and O–H groups in total. The largest absolute Gasteiger partial charge is 0.366 e. The van der Waals surface area contributed by atoms with Gasteiger partial charge in [0.25, 0.3) is 5.89 Å². The summed E-state index contributed by atoms with van der Waals surface area (Å²) in [4.78, 5) is 9.34. The van der Waals surface area contributed by atoms with Gasteiger partial charge in [-0.05, 0) is 31.7 Å². The van der Waals surface area contributed by atoms with Gasteiger partial charge in [-0.1, -0.05) is 5.16 Å². The molecule has 0 radical (unpaired) electrons. The Balaban J connectivity index is 1.13. The van der Waals surface area contributed by atoms with Crippen LogP contribution in [0, 0.1) is 12.8 Å². The van der Waals surface area contributed by atoms with Gasteiger partial charge in [0, 0.05) is 51.5 Å². The maximum absolute atomic E-state index is 5.83. The minimum absolute atomic E-state index is 0.0982. The second-order valence-corrected chi connectivity index (χ2v) is 7.83. The van der Waals surface area contributed by atoms with Gasteiger partial charge in [0.05, 0.1) is 12.3 Å². The number of ether oxygens (including phenoxy) is 1. The van der Waals surface area contributed by atoms with E-state index in [2.05, 4.69) is 35.8 Å². The molecule has 2 aromatic rings. The van der Waals surface area contributed by atoms with Crippen LogP contribution in [0.2, 0.25) is 0 Å². The van der Waals surface area contributed by atoms with Crippen molar-refractivity contribution in [3.05, 3.63) is 29.7 Å². The molecule has 1 atom stereocenters. The van der Waals surface area contributed by atoms with Crippen molar-refractivity contribution >= 4 is 0 Å². The monoisotopic (exact) mass is 358 g/mol. The highest BCUT2D eigenvalue weighted by atomic mass is 16.5. The van der Waals surface area contributed by atoms with Gasteiger partial charge >= 0.3 is 0 Å².